The first-order valence-electron chi connectivity index (χ1n) is 14.1. The van der Waals surface area contributed by atoms with E-state index in [4.69, 9.17) is 4.42 Å². The maximum Gasteiger partial charge on any atom is 0.162 e. The summed E-state index contributed by atoms with van der Waals surface area (Å²) in [7, 11) is 0. The van der Waals surface area contributed by atoms with Crippen molar-refractivity contribution in [3.05, 3.63) is 140 Å². The Labute approximate surface area is 241 Å². The van der Waals surface area contributed by atoms with Crippen LogP contribution in [0.25, 0.3) is 82.7 Å². The first-order chi connectivity index (χ1) is 20.9. The van der Waals surface area contributed by atoms with Crippen LogP contribution in [-0.2, 0) is 0 Å². The Kier molecular flexibility index (Phi) is 4.87. The van der Waals surface area contributed by atoms with Crippen molar-refractivity contribution in [2.45, 2.75) is 0 Å². The van der Waals surface area contributed by atoms with E-state index in [0.717, 1.165) is 60.4 Å². The van der Waals surface area contributed by atoms with Crippen molar-refractivity contribution in [2.75, 3.05) is 0 Å². The van der Waals surface area contributed by atoms with Crippen molar-refractivity contribution in [3.63, 3.8) is 0 Å². The number of rotatable bonds is 3. The fourth-order valence-corrected chi connectivity index (χ4v) is 6.51. The summed E-state index contributed by atoms with van der Waals surface area (Å²) >= 11 is 0. The van der Waals surface area contributed by atoms with Crippen LogP contribution in [0.4, 0.5) is 0 Å². The van der Waals surface area contributed by atoms with Gasteiger partial charge in [0.05, 0.1) is 22.0 Å². The molecule has 0 N–H and O–H groups in total. The lowest BCUT2D eigenvalue weighted by atomic mass is 9.99. The zero-order valence-electron chi connectivity index (χ0n) is 22.5. The average molecular weight is 538 g/mol. The second-order valence-electron chi connectivity index (χ2n) is 10.6. The summed E-state index contributed by atoms with van der Waals surface area (Å²) in [6, 6.07) is 44.7. The van der Waals surface area contributed by atoms with Crippen LogP contribution >= 0.6 is 0 Å². The van der Waals surface area contributed by atoms with Crippen LogP contribution in [0.15, 0.2) is 144 Å². The smallest absolute Gasteiger partial charge is 0.162 e. The molecule has 3 heterocycles. The van der Waals surface area contributed by atoms with E-state index in [2.05, 4.69) is 130 Å². The highest BCUT2D eigenvalue weighted by molar-refractivity contribution is 6.35. The summed E-state index contributed by atoms with van der Waals surface area (Å²) in [4.78, 5) is 9.08. The van der Waals surface area contributed by atoms with Gasteiger partial charge in [-0.3, -0.25) is 0 Å². The van der Waals surface area contributed by atoms with E-state index < -0.39 is 0 Å². The topological polar surface area (TPSA) is 43.9 Å². The van der Waals surface area contributed by atoms with Crippen LogP contribution in [-0.4, -0.2) is 14.5 Å². The Balaban J connectivity index is 1.43. The van der Waals surface area contributed by atoms with Gasteiger partial charge in [0.1, 0.15) is 11.2 Å². The molecule has 0 aliphatic carbocycles. The summed E-state index contributed by atoms with van der Waals surface area (Å²) in [5, 5.41) is 6.81. The molecule has 9 aromatic rings. The first-order valence-corrected chi connectivity index (χ1v) is 14.1. The number of hydrogen-bond donors (Lipinski definition) is 0. The minimum absolute atomic E-state index is 0.656. The van der Waals surface area contributed by atoms with E-state index >= 15 is 0 Å². The summed E-state index contributed by atoms with van der Waals surface area (Å²) in [6.07, 6.45) is 3.54. The Morgan fingerprint density at radius 2 is 1.14 bits per heavy atom. The minimum Gasteiger partial charge on any atom is -0.455 e. The molecule has 0 aliphatic rings. The van der Waals surface area contributed by atoms with E-state index in [1.54, 1.807) is 12.4 Å². The fourth-order valence-electron chi connectivity index (χ4n) is 6.51. The third kappa shape index (κ3) is 3.23. The van der Waals surface area contributed by atoms with E-state index in [1.165, 1.54) is 16.5 Å². The van der Waals surface area contributed by atoms with Gasteiger partial charge in [0.2, 0.25) is 0 Å². The van der Waals surface area contributed by atoms with Gasteiger partial charge in [0.25, 0.3) is 0 Å². The molecular weight excluding hydrogens is 514 g/mol. The molecule has 0 spiro atoms. The van der Waals surface area contributed by atoms with Crippen molar-refractivity contribution >= 4 is 54.5 Å². The molecule has 196 valence electrons. The van der Waals surface area contributed by atoms with Crippen molar-refractivity contribution in [3.8, 4) is 28.2 Å². The fraction of sp³-hybridized carbons (Fsp3) is 0. The quantitative estimate of drug-likeness (QED) is 0.225. The molecule has 0 fully saturated rings. The molecule has 0 radical (unpaired) electrons. The zero-order chi connectivity index (χ0) is 27.6. The molecule has 0 unspecified atom stereocenters. The second-order valence-corrected chi connectivity index (χ2v) is 10.6. The lowest BCUT2D eigenvalue weighted by Gasteiger charge is -2.11. The van der Waals surface area contributed by atoms with Crippen LogP contribution < -0.4 is 0 Å². The molecule has 0 saturated carbocycles. The van der Waals surface area contributed by atoms with Gasteiger partial charge in [-0.1, -0.05) is 97.1 Å². The van der Waals surface area contributed by atoms with Crippen LogP contribution in [0.1, 0.15) is 0 Å². The molecule has 9 rings (SSSR count). The largest absolute Gasteiger partial charge is 0.455 e. The SMILES string of the molecule is c1ccc(-c2ccc(-n3c4ccccc4c4c5oc6c(-c7ncccn7)cccc6c5c5ccccc5c43)cc2)cc1. The maximum absolute atomic E-state index is 6.90. The van der Waals surface area contributed by atoms with Crippen LogP contribution in [0.5, 0.6) is 0 Å². The number of hydrogen-bond acceptors (Lipinski definition) is 3. The Bertz CT molecular complexity index is 2440. The van der Waals surface area contributed by atoms with E-state index in [9.17, 15) is 0 Å². The molecule has 0 aliphatic heterocycles. The highest BCUT2D eigenvalue weighted by Crippen LogP contribution is 2.46. The van der Waals surface area contributed by atoms with Crippen molar-refractivity contribution < 1.29 is 4.42 Å². The van der Waals surface area contributed by atoms with Gasteiger partial charge in [0, 0.05) is 39.6 Å². The number of para-hydroxylation sites is 2. The van der Waals surface area contributed by atoms with Crippen LogP contribution in [0.2, 0.25) is 0 Å². The summed E-state index contributed by atoms with van der Waals surface area (Å²) in [6.45, 7) is 0. The molecule has 0 atom stereocenters. The first kappa shape index (κ1) is 23.0. The van der Waals surface area contributed by atoms with Crippen LogP contribution in [0.3, 0.4) is 0 Å². The van der Waals surface area contributed by atoms with Gasteiger partial charge in [0.15, 0.2) is 5.82 Å². The molecule has 0 bridgehead atoms. The van der Waals surface area contributed by atoms with Gasteiger partial charge in [-0.2, -0.15) is 0 Å². The number of fused-ring (bicyclic) bond motifs is 10. The molecule has 0 saturated heterocycles. The number of benzene rings is 6. The lowest BCUT2D eigenvalue weighted by molar-refractivity contribution is 0.673. The molecule has 42 heavy (non-hydrogen) atoms. The average Bonchev–Trinajstić information content (AvgIpc) is 3.63. The van der Waals surface area contributed by atoms with Gasteiger partial charge in [-0.15, -0.1) is 0 Å². The number of nitrogens with zero attached hydrogens (tertiary/aromatic N) is 3. The Morgan fingerprint density at radius 3 is 1.95 bits per heavy atom. The minimum atomic E-state index is 0.656. The predicted molar refractivity (Wildman–Crippen MR) is 172 cm³/mol. The monoisotopic (exact) mass is 537 g/mol. The third-order valence-corrected chi connectivity index (χ3v) is 8.31. The third-order valence-electron chi connectivity index (χ3n) is 8.31. The highest BCUT2D eigenvalue weighted by atomic mass is 16.3. The van der Waals surface area contributed by atoms with Crippen molar-refractivity contribution in [2.24, 2.45) is 0 Å². The summed E-state index contributed by atoms with van der Waals surface area (Å²) < 4.78 is 9.28. The molecule has 6 aromatic carbocycles. The standard InChI is InChI=1S/C38H23N3O/c1-2-10-24(11-3-1)25-18-20-26(21-19-25)41-32-17-7-6-14-29(32)34-35(41)28-13-5-4-12-27(28)33-30-15-8-16-31(36(30)42-37(33)34)38-39-22-9-23-40-38/h1-23H. The second kappa shape index (κ2) is 8.88. The number of aromatic nitrogens is 3. The normalized spacial score (nSPS) is 11.8. The van der Waals surface area contributed by atoms with Gasteiger partial charge >= 0.3 is 0 Å². The van der Waals surface area contributed by atoms with Gasteiger partial charge < -0.3 is 8.98 Å². The van der Waals surface area contributed by atoms with E-state index in [1.807, 2.05) is 12.1 Å². The Morgan fingerprint density at radius 1 is 0.476 bits per heavy atom. The molecule has 4 nitrogen and oxygen atoms in total. The summed E-state index contributed by atoms with van der Waals surface area (Å²) in [5.74, 6) is 0.656. The zero-order valence-corrected chi connectivity index (χ0v) is 22.5. The highest BCUT2D eigenvalue weighted by Gasteiger charge is 2.24. The number of furan rings is 1. The van der Waals surface area contributed by atoms with E-state index in [-0.39, 0.29) is 0 Å². The van der Waals surface area contributed by atoms with Gasteiger partial charge in [-0.25, -0.2) is 9.97 Å². The molecule has 3 aromatic heterocycles. The van der Waals surface area contributed by atoms with Crippen molar-refractivity contribution in [1.29, 1.82) is 0 Å². The summed E-state index contributed by atoms with van der Waals surface area (Å²) in [5.41, 5.74) is 8.38. The Hall–Kier alpha value is -5.74. The molecule has 0 amide bonds. The molecule has 4 heteroatoms. The van der Waals surface area contributed by atoms with Gasteiger partial charge in [-0.05, 0) is 46.8 Å². The van der Waals surface area contributed by atoms with E-state index in [0.29, 0.717) is 5.82 Å². The lowest BCUT2D eigenvalue weighted by Crippen LogP contribution is -1.94. The maximum atomic E-state index is 6.90. The van der Waals surface area contributed by atoms with Crippen LogP contribution in [0, 0.1) is 0 Å². The van der Waals surface area contributed by atoms with Crippen molar-refractivity contribution in [1.82, 2.24) is 14.5 Å². The predicted octanol–water partition coefficient (Wildman–Crippen LogP) is 9.96. The molecular formula is C38H23N3O.